The number of rotatable bonds is 2. The van der Waals surface area contributed by atoms with Gasteiger partial charge in [-0.15, -0.1) is 0 Å². The molecule has 0 saturated carbocycles. The summed E-state index contributed by atoms with van der Waals surface area (Å²) in [5.41, 5.74) is 4.10. The summed E-state index contributed by atoms with van der Waals surface area (Å²) in [6.07, 6.45) is 0. The van der Waals surface area contributed by atoms with Crippen LogP contribution in [0.1, 0.15) is 22.7 Å². The average Bonchev–Trinajstić information content (AvgIpc) is 2.79. The van der Waals surface area contributed by atoms with Crippen molar-refractivity contribution >= 4 is 28.9 Å². The summed E-state index contributed by atoms with van der Waals surface area (Å²) in [6, 6.07) is 24.3. The zero-order valence-corrected chi connectivity index (χ0v) is 14.1. The number of halogens is 1. The first-order chi connectivity index (χ1) is 12.2. The fraction of sp³-hybridized carbons (Fsp3) is 0.0476. The molecule has 1 heterocycles. The third-order valence-corrected chi connectivity index (χ3v) is 4.40. The molecule has 25 heavy (non-hydrogen) atoms. The summed E-state index contributed by atoms with van der Waals surface area (Å²) >= 11 is 6.20. The molecule has 1 atom stereocenters. The molecule has 4 heteroatoms. The first kappa shape index (κ1) is 15.6. The predicted molar refractivity (Wildman–Crippen MR) is 101 cm³/mol. The van der Waals surface area contributed by atoms with Gasteiger partial charge in [0.05, 0.1) is 11.4 Å². The molecule has 1 N–H and O–H groups in total. The molecule has 0 spiro atoms. The number of aliphatic imine (C=N–C) groups is 1. The Bertz CT molecular complexity index is 952. The Morgan fingerprint density at radius 2 is 1.56 bits per heavy atom. The highest BCUT2D eigenvalue weighted by Crippen LogP contribution is 2.31. The fourth-order valence-electron chi connectivity index (χ4n) is 2.97. The van der Waals surface area contributed by atoms with Gasteiger partial charge in [0.1, 0.15) is 0 Å². The number of anilines is 1. The molecule has 1 aliphatic heterocycles. The number of benzodiazepines with no additional fused rings is 1. The standard InChI is InChI=1S/C21H15ClN2O/c22-16-11-12-18-17(13-16)19(14-7-3-1-4-8-14)24-20(21(25)23-18)15-9-5-2-6-10-15/h1-13,20H,(H,23,25)/t20-/m1/s1. The zero-order chi connectivity index (χ0) is 17.2. The molecular weight excluding hydrogens is 332 g/mol. The summed E-state index contributed by atoms with van der Waals surface area (Å²) < 4.78 is 0. The molecule has 0 bridgehead atoms. The number of hydrogen-bond acceptors (Lipinski definition) is 2. The van der Waals surface area contributed by atoms with E-state index >= 15 is 0 Å². The molecule has 0 unspecified atom stereocenters. The first-order valence-corrected chi connectivity index (χ1v) is 8.39. The van der Waals surface area contributed by atoms with Crippen LogP contribution in [0.2, 0.25) is 5.02 Å². The van der Waals surface area contributed by atoms with Crippen LogP contribution in [0.3, 0.4) is 0 Å². The van der Waals surface area contributed by atoms with Gasteiger partial charge in [-0.05, 0) is 23.8 Å². The van der Waals surface area contributed by atoms with E-state index in [0.717, 1.165) is 28.1 Å². The van der Waals surface area contributed by atoms with E-state index < -0.39 is 6.04 Å². The van der Waals surface area contributed by atoms with Crippen molar-refractivity contribution in [1.82, 2.24) is 0 Å². The van der Waals surface area contributed by atoms with Crippen molar-refractivity contribution in [2.45, 2.75) is 6.04 Å². The van der Waals surface area contributed by atoms with Gasteiger partial charge in [-0.2, -0.15) is 0 Å². The highest BCUT2D eigenvalue weighted by Gasteiger charge is 2.27. The summed E-state index contributed by atoms with van der Waals surface area (Å²) in [5.74, 6) is -0.152. The molecule has 122 valence electrons. The van der Waals surface area contributed by atoms with Crippen LogP contribution >= 0.6 is 11.6 Å². The minimum Gasteiger partial charge on any atom is -0.323 e. The second-order valence-electron chi connectivity index (χ2n) is 5.84. The predicted octanol–water partition coefficient (Wildman–Crippen LogP) is 4.87. The van der Waals surface area contributed by atoms with Gasteiger partial charge in [-0.1, -0.05) is 72.3 Å². The highest BCUT2D eigenvalue weighted by atomic mass is 35.5. The van der Waals surface area contributed by atoms with E-state index in [1.54, 1.807) is 6.07 Å². The van der Waals surface area contributed by atoms with E-state index in [0.29, 0.717) is 5.02 Å². The van der Waals surface area contributed by atoms with Crippen molar-refractivity contribution in [1.29, 1.82) is 0 Å². The van der Waals surface area contributed by atoms with Crippen LogP contribution in [0.15, 0.2) is 83.9 Å². The molecule has 3 aromatic rings. The van der Waals surface area contributed by atoms with E-state index in [2.05, 4.69) is 5.32 Å². The third kappa shape index (κ3) is 3.06. The average molecular weight is 347 g/mol. The molecule has 1 amide bonds. The number of carbonyl (C=O) groups is 1. The van der Waals surface area contributed by atoms with Crippen LogP contribution in [-0.4, -0.2) is 11.6 Å². The normalized spacial score (nSPS) is 16.4. The van der Waals surface area contributed by atoms with Gasteiger partial charge >= 0.3 is 0 Å². The molecule has 1 aliphatic rings. The number of nitrogens with zero attached hydrogens (tertiary/aromatic N) is 1. The summed E-state index contributed by atoms with van der Waals surface area (Å²) in [7, 11) is 0. The lowest BCUT2D eigenvalue weighted by Crippen LogP contribution is -2.18. The molecule has 0 saturated heterocycles. The van der Waals surface area contributed by atoms with Crippen molar-refractivity contribution in [3.63, 3.8) is 0 Å². The fourth-order valence-corrected chi connectivity index (χ4v) is 3.14. The maximum atomic E-state index is 12.8. The number of nitrogens with one attached hydrogen (secondary N) is 1. The Kier molecular flexibility index (Phi) is 4.08. The largest absolute Gasteiger partial charge is 0.323 e. The Hall–Kier alpha value is -2.91. The lowest BCUT2D eigenvalue weighted by molar-refractivity contribution is -0.117. The molecule has 0 aromatic heterocycles. The van der Waals surface area contributed by atoms with Gasteiger partial charge in [0.15, 0.2) is 6.04 Å². The molecule has 3 nitrogen and oxygen atoms in total. The summed E-state index contributed by atoms with van der Waals surface area (Å²) in [5, 5.41) is 3.59. The molecule has 3 aromatic carbocycles. The monoisotopic (exact) mass is 346 g/mol. The number of amides is 1. The Labute approximate surface area is 151 Å². The van der Waals surface area contributed by atoms with Crippen LogP contribution in [-0.2, 0) is 4.79 Å². The van der Waals surface area contributed by atoms with Crippen molar-refractivity contribution in [2.24, 2.45) is 4.99 Å². The van der Waals surface area contributed by atoms with Crippen molar-refractivity contribution in [3.8, 4) is 0 Å². The van der Waals surface area contributed by atoms with Crippen LogP contribution in [0.4, 0.5) is 5.69 Å². The molecule has 0 aliphatic carbocycles. The van der Waals surface area contributed by atoms with Crippen molar-refractivity contribution in [3.05, 3.63) is 101 Å². The highest BCUT2D eigenvalue weighted by molar-refractivity contribution is 6.32. The molecular formula is C21H15ClN2O. The lowest BCUT2D eigenvalue weighted by Gasteiger charge is -2.11. The zero-order valence-electron chi connectivity index (χ0n) is 13.3. The van der Waals surface area contributed by atoms with Crippen LogP contribution in [0.25, 0.3) is 0 Å². The smallest absolute Gasteiger partial charge is 0.253 e. The van der Waals surface area contributed by atoms with E-state index in [9.17, 15) is 4.79 Å². The first-order valence-electron chi connectivity index (χ1n) is 8.01. The topological polar surface area (TPSA) is 41.5 Å². The van der Waals surface area contributed by atoms with E-state index in [1.807, 2.05) is 72.8 Å². The molecule has 4 rings (SSSR count). The van der Waals surface area contributed by atoms with E-state index in [-0.39, 0.29) is 5.91 Å². The third-order valence-electron chi connectivity index (χ3n) is 4.16. The number of benzene rings is 3. The Balaban J connectivity index is 1.94. The minimum atomic E-state index is -0.609. The maximum Gasteiger partial charge on any atom is 0.253 e. The van der Waals surface area contributed by atoms with Gasteiger partial charge in [0.25, 0.3) is 5.91 Å². The van der Waals surface area contributed by atoms with Gasteiger partial charge in [0.2, 0.25) is 0 Å². The molecule has 0 fully saturated rings. The van der Waals surface area contributed by atoms with Gasteiger partial charge < -0.3 is 5.32 Å². The second kappa shape index (κ2) is 6.54. The molecule has 0 radical (unpaired) electrons. The van der Waals surface area contributed by atoms with Crippen LogP contribution < -0.4 is 5.32 Å². The lowest BCUT2D eigenvalue weighted by atomic mass is 10.0. The number of hydrogen-bond donors (Lipinski definition) is 1. The maximum absolute atomic E-state index is 12.8. The quantitative estimate of drug-likeness (QED) is 0.706. The number of carbonyl (C=O) groups excluding carboxylic acids is 1. The van der Waals surface area contributed by atoms with E-state index in [1.165, 1.54) is 0 Å². The van der Waals surface area contributed by atoms with E-state index in [4.69, 9.17) is 16.6 Å². The summed E-state index contributed by atoms with van der Waals surface area (Å²) in [4.78, 5) is 17.6. The SMILES string of the molecule is O=C1Nc2ccc(Cl)cc2C(c2ccccc2)=N[C@@H]1c1ccccc1. The van der Waals surface area contributed by atoms with Crippen LogP contribution in [0, 0.1) is 0 Å². The Morgan fingerprint density at radius 3 is 2.28 bits per heavy atom. The Morgan fingerprint density at radius 1 is 0.880 bits per heavy atom. The van der Waals surface area contributed by atoms with Gasteiger partial charge in [-0.25, -0.2) is 0 Å². The summed E-state index contributed by atoms with van der Waals surface area (Å²) in [6.45, 7) is 0. The second-order valence-corrected chi connectivity index (χ2v) is 6.27. The minimum absolute atomic E-state index is 0.152. The van der Waals surface area contributed by atoms with Crippen molar-refractivity contribution in [2.75, 3.05) is 5.32 Å². The number of fused-ring (bicyclic) bond motifs is 1. The van der Waals surface area contributed by atoms with Crippen molar-refractivity contribution < 1.29 is 4.79 Å². The van der Waals surface area contributed by atoms with Gasteiger partial charge in [-0.3, -0.25) is 9.79 Å². The van der Waals surface area contributed by atoms with Gasteiger partial charge in [0, 0.05) is 16.1 Å². The van der Waals surface area contributed by atoms with Crippen LogP contribution in [0.5, 0.6) is 0 Å².